The lowest BCUT2D eigenvalue weighted by atomic mass is 10.1. The standard InChI is InChI=1S/C26H25FN2O6S/c1-4-34-26(31)21-7-6-19(15-22(21)27)28-25(30)18-5-8-24-23(14-18)29(9-10-35-24)36(32,33)20-12-16(2)11-17(3)13-20/h5-8,11-15H,4,9-10H2,1-3H3,(H,28,30). The summed E-state index contributed by atoms with van der Waals surface area (Å²) in [5.41, 5.74) is 1.90. The first kappa shape index (κ1) is 25.2. The Morgan fingerprint density at radius 1 is 1.06 bits per heavy atom. The van der Waals surface area contributed by atoms with Gasteiger partial charge < -0.3 is 14.8 Å². The summed E-state index contributed by atoms with van der Waals surface area (Å²) in [4.78, 5) is 24.9. The van der Waals surface area contributed by atoms with Crippen molar-refractivity contribution in [3.05, 3.63) is 82.7 Å². The summed E-state index contributed by atoms with van der Waals surface area (Å²) < 4.78 is 53.0. The average Bonchev–Trinajstić information content (AvgIpc) is 2.82. The van der Waals surface area contributed by atoms with Gasteiger partial charge in [0, 0.05) is 11.3 Å². The van der Waals surface area contributed by atoms with Gasteiger partial charge >= 0.3 is 5.97 Å². The van der Waals surface area contributed by atoms with Gasteiger partial charge in [0.1, 0.15) is 18.2 Å². The highest BCUT2D eigenvalue weighted by atomic mass is 32.2. The number of carbonyl (C=O) groups is 2. The summed E-state index contributed by atoms with van der Waals surface area (Å²) in [5.74, 6) is -1.89. The van der Waals surface area contributed by atoms with Crippen molar-refractivity contribution in [2.45, 2.75) is 25.7 Å². The first-order chi connectivity index (χ1) is 17.1. The van der Waals surface area contributed by atoms with Crippen molar-refractivity contribution in [3.63, 3.8) is 0 Å². The van der Waals surface area contributed by atoms with Gasteiger partial charge in [-0.15, -0.1) is 0 Å². The molecule has 0 aromatic heterocycles. The van der Waals surface area contributed by atoms with E-state index in [0.29, 0.717) is 5.75 Å². The Labute approximate surface area is 208 Å². The second-order valence-corrected chi connectivity index (χ2v) is 10.2. The smallest absolute Gasteiger partial charge is 0.341 e. The molecule has 3 aromatic carbocycles. The molecule has 0 unspecified atom stereocenters. The number of hydrogen-bond donors (Lipinski definition) is 1. The van der Waals surface area contributed by atoms with E-state index in [1.165, 1.54) is 34.6 Å². The van der Waals surface area contributed by atoms with E-state index in [1.807, 2.05) is 19.9 Å². The fourth-order valence-corrected chi connectivity index (χ4v) is 5.60. The summed E-state index contributed by atoms with van der Waals surface area (Å²) in [6, 6.07) is 13.1. The molecule has 1 aliphatic rings. The van der Waals surface area contributed by atoms with Gasteiger partial charge in [-0.05, 0) is 80.4 Å². The zero-order valence-electron chi connectivity index (χ0n) is 20.0. The van der Waals surface area contributed by atoms with E-state index < -0.39 is 27.7 Å². The van der Waals surface area contributed by atoms with Gasteiger partial charge in [0.15, 0.2) is 0 Å². The number of sulfonamides is 1. The zero-order valence-corrected chi connectivity index (χ0v) is 20.8. The number of nitrogens with one attached hydrogen (secondary N) is 1. The van der Waals surface area contributed by atoms with Crippen LogP contribution in [-0.2, 0) is 14.8 Å². The molecule has 4 rings (SSSR count). The minimum Gasteiger partial charge on any atom is -0.489 e. The van der Waals surface area contributed by atoms with Crippen LogP contribution in [0.3, 0.4) is 0 Å². The Morgan fingerprint density at radius 2 is 1.78 bits per heavy atom. The minimum absolute atomic E-state index is 0.0773. The number of carbonyl (C=O) groups excluding carboxylic acids is 2. The second-order valence-electron chi connectivity index (χ2n) is 8.30. The fourth-order valence-electron chi connectivity index (χ4n) is 3.96. The number of amides is 1. The van der Waals surface area contributed by atoms with Crippen molar-refractivity contribution >= 4 is 33.3 Å². The molecule has 0 bridgehead atoms. The molecular weight excluding hydrogens is 487 g/mol. The molecule has 1 N–H and O–H groups in total. The van der Waals surface area contributed by atoms with Crippen LogP contribution in [-0.4, -0.2) is 40.1 Å². The summed E-state index contributed by atoms with van der Waals surface area (Å²) in [6.45, 7) is 5.60. The molecule has 0 aliphatic carbocycles. The van der Waals surface area contributed by atoms with Crippen LogP contribution in [0.1, 0.15) is 38.8 Å². The Hall–Kier alpha value is -3.92. The van der Waals surface area contributed by atoms with Gasteiger partial charge in [-0.3, -0.25) is 9.10 Å². The lowest BCUT2D eigenvalue weighted by molar-refractivity contribution is 0.0521. The van der Waals surface area contributed by atoms with Gasteiger partial charge in [-0.2, -0.15) is 0 Å². The maximum Gasteiger partial charge on any atom is 0.341 e. The van der Waals surface area contributed by atoms with Crippen LogP contribution in [0.15, 0.2) is 59.5 Å². The number of ether oxygens (including phenoxy) is 2. The molecule has 1 aliphatic heterocycles. The molecule has 1 amide bonds. The number of esters is 1. The number of fused-ring (bicyclic) bond motifs is 1. The van der Waals surface area contributed by atoms with Crippen molar-refractivity contribution in [1.29, 1.82) is 0 Å². The monoisotopic (exact) mass is 512 g/mol. The van der Waals surface area contributed by atoms with E-state index in [1.54, 1.807) is 19.1 Å². The fraction of sp³-hybridized carbons (Fsp3) is 0.231. The van der Waals surface area contributed by atoms with E-state index in [0.717, 1.165) is 17.2 Å². The molecule has 0 saturated heterocycles. The maximum atomic E-state index is 14.4. The lowest BCUT2D eigenvalue weighted by Gasteiger charge is -2.31. The predicted octanol–water partition coefficient (Wildman–Crippen LogP) is 4.46. The van der Waals surface area contributed by atoms with Crippen molar-refractivity contribution in [1.82, 2.24) is 0 Å². The van der Waals surface area contributed by atoms with Crippen molar-refractivity contribution in [2.75, 3.05) is 29.4 Å². The van der Waals surface area contributed by atoms with Crippen LogP contribution in [0.25, 0.3) is 0 Å². The van der Waals surface area contributed by atoms with Crippen LogP contribution in [0.4, 0.5) is 15.8 Å². The Morgan fingerprint density at radius 3 is 2.44 bits per heavy atom. The number of nitrogens with zero attached hydrogens (tertiary/aromatic N) is 1. The Balaban J connectivity index is 1.62. The Bertz CT molecular complexity index is 1430. The van der Waals surface area contributed by atoms with Crippen LogP contribution in [0.2, 0.25) is 0 Å². The van der Waals surface area contributed by atoms with Crippen LogP contribution < -0.4 is 14.4 Å². The molecule has 0 fully saturated rings. The van der Waals surface area contributed by atoms with E-state index in [4.69, 9.17) is 9.47 Å². The first-order valence-corrected chi connectivity index (χ1v) is 12.7. The number of halogens is 1. The summed E-state index contributed by atoms with van der Waals surface area (Å²) in [5, 5.41) is 2.56. The number of hydrogen-bond acceptors (Lipinski definition) is 6. The molecule has 10 heteroatoms. The third-order valence-electron chi connectivity index (χ3n) is 5.55. The second kappa shape index (κ2) is 9.98. The summed E-state index contributed by atoms with van der Waals surface area (Å²) >= 11 is 0. The van der Waals surface area contributed by atoms with E-state index in [9.17, 15) is 22.4 Å². The highest BCUT2D eigenvalue weighted by molar-refractivity contribution is 7.92. The number of aryl methyl sites for hydroxylation is 2. The highest BCUT2D eigenvalue weighted by Gasteiger charge is 2.31. The molecule has 3 aromatic rings. The Kier molecular flexibility index (Phi) is 6.98. The van der Waals surface area contributed by atoms with E-state index in [2.05, 4.69) is 5.32 Å². The van der Waals surface area contributed by atoms with Crippen molar-refractivity contribution in [2.24, 2.45) is 0 Å². The summed E-state index contributed by atoms with van der Waals surface area (Å²) in [7, 11) is -3.92. The quantitative estimate of drug-likeness (QED) is 0.490. The number of benzene rings is 3. The van der Waals surface area contributed by atoms with Gasteiger partial charge in [0.05, 0.1) is 29.3 Å². The zero-order chi connectivity index (χ0) is 26.0. The lowest BCUT2D eigenvalue weighted by Crippen LogP contribution is -2.38. The number of rotatable bonds is 6. The molecule has 0 radical (unpaired) electrons. The molecule has 188 valence electrons. The minimum atomic E-state index is -3.92. The van der Waals surface area contributed by atoms with Gasteiger partial charge in [-0.1, -0.05) is 6.07 Å². The van der Waals surface area contributed by atoms with Crippen molar-refractivity contribution in [3.8, 4) is 5.75 Å². The van der Waals surface area contributed by atoms with Crippen LogP contribution in [0.5, 0.6) is 5.75 Å². The van der Waals surface area contributed by atoms with E-state index in [-0.39, 0.29) is 47.2 Å². The van der Waals surface area contributed by atoms with Crippen LogP contribution in [0, 0.1) is 19.7 Å². The normalized spacial score (nSPS) is 12.9. The average molecular weight is 513 g/mol. The number of anilines is 2. The summed E-state index contributed by atoms with van der Waals surface area (Å²) in [6.07, 6.45) is 0. The topological polar surface area (TPSA) is 102 Å². The molecule has 8 nitrogen and oxygen atoms in total. The first-order valence-electron chi connectivity index (χ1n) is 11.3. The maximum absolute atomic E-state index is 14.4. The SMILES string of the molecule is CCOC(=O)c1ccc(NC(=O)c2ccc3c(c2)N(S(=O)(=O)c2cc(C)cc(C)c2)CCO3)cc1F. The van der Waals surface area contributed by atoms with Gasteiger partial charge in [-0.25, -0.2) is 17.6 Å². The predicted molar refractivity (Wildman–Crippen MR) is 133 cm³/mol. The van der Waals surface area contributed by atoms with Gasteiger partial charge in [0.25, 0.3) is 15.9 Å². The van der Waals surface area contributed by atoms with E-state index >= 15 is 0 Å². The van der Waals surface area contributed by atoms with Gasteiger partial charge in [0.2, 0.25) is 0 Å². The molecule has 0 atom stereocenters. The third-order valence-corrected chi connectivity index (χ3v) is 7.34. The molecule has 1 heterocycles. The highest BCUT2D eigenvalue weighted by Crippen LogP contribution is 2.36. The third kappa shape index (κ3) is 5.03. The molecular formula is C26H25FN2O6S. The largest absolute Gasteiger partial charge is 0.489 e. The molecule has 0 spiro atoms. The van der Waals surface area contributed by atoms with Crippen LogP contribution >= 0.6 is 0 Å². The molecule has 36 heavy (non-hydrogen) atoms. The van der Waals surface area contributed by atoms with Crippen molar-refractivity contribution < 1.29 is 31.9 Å². The molecule has 0 saturated carbocycles.